The predicted octanol–water partition coefficient (Wildman–Crippen LogP) is 0.804. The Balaban J connectivity index is 2.97. The quantitative estimate of drug-likeness (QED) is 0.429. The molecule has 92 valence electrons. The second-order valence-corrected chi connectivity index (χ2v) is 3.88. The standard InChI is InChI=1S/C11H19NO4/c1-7(2)12-9(11(14-3)15-4)8-5-6-16-10(8)13/h7,11-12H,5-6H2,1-4H3/b9-8-. The van der Waals surface area contributed by atoms with E-state index in [0.29, 0.717) is 24.3 Å². The minimum absolute atomic E-state index is 0.198. The molecule has 0 aliphatic carbocycles. The normalized spacial score (nSPS) is 19.2. The van der Waals surface area contributed by atoms with Crippen molar-refractivity contribution in [2.45, 2.75) is 32.6 Å². The van der Waals surface area contributed by atoms with E-state index >= 15 is 0 Å². The Morgan fingerprint density at radius 2 is 2.00 bits per heavy atom. The van der Waals surface area contributed by atoms with Gasteiger partial charge in [0.2, 0.25) is 0 Å². The van der Waals surface area contributed by atoms with E-state index in [1.54, 1.807) is 0 Å². The van der Waals surface area contributed by atoms with Gasteiger partial charge in [-0.15, -0.1) is 0 Å². The molecule has 1 N–H and O–H groups in total. The lowest BCUT2D eigenvalue weighted by Crippen LogP contribution is -2.34. The summed E-state index contributed by atoms with van der Waals surface area (Å²) in [6.45, 7) is 4.41. The molecule has 0 aromatic heterocycles. The Labute approximate surface area is 95.7 Å². The molecule has 0 amide bonds. The Hall–Kier alpha value is -1.07. The Morgan fingerprint density at radius 3 is 2.38 bits per heavy atom. The first-order valence-electron chi connectivity index (χ1n) is 5.32. The highest BCUT2D eigenvalue weighted by molar-refractivity contribution is 5.91. The maximum atomic E-state index is 11.5. The molecule has 0 spiro atoms. The zero-order valence-electron chi connectivity index (χ0n) is 10.2. The number of cyclic esters (lactones) is 1. The highest BCUT2D eigenvalue weighted by atomic mass is 16.7. The number of nitrogens with one attached hydrogen (secondary N) is 1. The van der Waals surface area contributed by atoms with Crippen molar-refractivity contribution in [3.05, 3.63) is 11.3 Å². The van der Waals surface area contributed by atoms with E-state index in [1.807, 2.05) is 13.8 Å². The fourth-order valence-corrected chi connectivity index (χ4v) is 1.62. The molecule has 1 aliphatic heterocycles. The van der Waals surface area contributed by atoms with Gasteiger partial charge in [-0.25, -0.2) is 4.79 Å². The number of carbonyl (C=O) groups is 1. The number of methoxy groups -OCH3 is 2. The number of esters is 1. The van der Waals surface area contributed by atoms with Gasteiger partial charge in [0.15, 0.2) is 6.29 Å². The SMILES string of the molecule is COC(OC)/C(NC(C)C)=C1\CCOC1=O. The summed E-state index contributed by atoms with van der Waals surface area (Å²) in [5.74, 6) is -0.290. The Morgan fingerprint density at radius 1 is 1.38 bits per heavy atom. The largest absolute Gasteiger partial charge is 0.462 e. The van der Waals surface area contributed by atoms with Crippen LogP contribution in [0.3, 0.4) is 0 Å². The second kappa shape index (κ2) is 5.86. The smallest absolute Gasteiger partial charge is 0.336 e. The van der Waals surface area contributed by atoms with Crippen molar-refractivity contribution in [2.24, 2.45) is 0 Å². The number of ether oxygens (including phenoxy) is 3. The van der Waals surface area contributed by atoms with Crippen molar-refractivity contribution in [1.82, 2.24) is 5.32 Å². The van der Waals surface area contributed by atoms with Crippen LogP contribution in [-0.2, 0) is 19.0 Å². The van der Waals surface area contributed by atoms with Crippen LogP contribution in [0.5, 0.6) is 0 Å². The van der Waals surface area contributed by atoms with Gasteiger partial charge in [0.25, 0.3) is 0 Å². The van der Waals surface area contributed by atoms with E-state index < -0.39 is 6.29 Å². The van der Waals surface area contributed by atoms with Crippen molar-refractivity contribution in [3.63, 3.8) is 0 Å². The first kappa shape index (κ1) is 13.0. The summed E-state index contributed by atoms with van der Waals surface area (Å²) in [6, 6.07) is 0.198. The van der Waals surface area contributed by atoms with Gasteiger partial charge in [-0.05, 0) is 13.8 Å². The third kappa shape index (κ3) is 2.96. The summed E-state index contributed by atoms with van der Waals surface area (Å²) < 4.78 is 15.3. The lowest BCUT2D eigenvalue weighted by molar-refractivity contribution is -0.135. The molecule has 1 rings (SSSR count). The van der Waals surface area contributed by atoms with Crippen LogP contribution in [0.25, 0.3) is 0 Å². The van der Waals surface area contributed by atoms with E-state index in [-0.39, 0.29) is 12.0 Å². The van der Waals surface area contributed by atoms with Crippen molar-refractivity contribution in [2.75, 3.05) is 20.8 Å². The van der Waals surface area contributed by atoms with Crippen LogP contribution in [-0.4, -0.2) is 39.1 Å². The van der Waals surface area contributed by atoms with Crippen LogP contribution in [0.4, 0.5) is 0 Å². The van der Waals surface area contributed by atoms with Crippen LogP contribution >= 0.6 is 0 Å². The summed E-state index contributed by atoms with van der Waals surface area (Å²) in [5, 5.41) is 3.18. The van der Waals surface area contributed by atoms with Gasteiger partial charge in [-0.3, -0.25) is 0 Å². The molecular formula is C11H19NO4. The minimum Gasteiger partial charge on any atom is -0.462 e. The average molecular weight is 229 g/mol. The molecule has 5 nitrogen and oxygen atoms in total. The van der Waals surface area contributed by atoms with Crippen LogP contribution in [0.2, 0.25) is 0 Å². The van der Waals surface area contributed by atoms with Crippen LogP contribution in [0, 0.1) is 0 Å². The Kier molecular flexibility index (Phi) is 4.76. The number of hydrogen-bond acceptors (Lipinski definition) is 5. The molecule has 0 unspecified atom stereocenters. The highest BCUT2D eigenvalue weighted by Crippen LogP contribution is 2.20. The molecule has 0 radical (unpaired) electrons. The minimum atomic E-state index is -0.553. The van der Waals surface area contributed by atoms with E-state index in [1.165, 1.54) is 14.2 Å². The zero-order chi connectivity index (χ0) is 12.1. The molecule has 5 heteroatoms. The molecule has 1 fully saturated rings. The highest BCUT2D eigenvalue weighted by Gasteiger charge is 2.28. The molecule has 0 atom stereocenters. The second-order valence-electron chi connectivity index (χ2n) is 3.88. The van der Waals surface area contributed by atoms with Gasteiger partial charge < -0.3 is 19.5 Å². The molecule has 0 bridgehead atoms. The van der Waals surface area contributed by atoms with Gasteiger partial charge in [-0.2, -0.15) is 0 Å². The number of rotatable bonds is 5. The average Bonchev–Trinajstić information content (AvgIpc) is 2.64. The first-order chi connectivity index (χ1) is 7.60. The maximum Gasteiger partial charge on any atom is 0.336 e. The molecule has 0 saturated carbocycles. The molecule has 1 saturated heterocycles. The fraction of sp³-hybridized carbons (Fsp3) is 0.727. The van der Waals surface area contributed by atoms with Crippen molar-refractivity contribution in [3.8, 4) is 0 Å². The molecule has 1 heterocycles. The van der Waals surface area contributed by atoms with Gasteiger partial charge in [0.05, 0.1) is 17.9 Å². The van der Waals surface area contributed by atoms with Crippen molar-refractivity contribution >= 4 is 5.97 Å². The zero-order valence-corrected chi connectivity index (χ0v) is 10.2. The third-order valence-corrected chi connectivity index (χ3v) is 2.26. The predicted molar refractivity (Wildman–Crippen MR) is 58.7 cm³/mol. The van der Waals surface area contributed by atoms with E-state index in [0.717, 1.165) is 0 Å². The lowest BCUT2D eigenvalue weighted by Gasteiger charge is -2.22. The first-order valence-corrected chi connectivity index (χ1v) is 5.32. The Bertz CT molecular complexity index is 282. The van der Waals surface area contributed by atoms with Gasteiger partial charge >= 0.3 is 5.97 Å². The van der Waals surface area contributed by atoms with E-state index in [4.69, 9.17) is 14.2 Å². The van der Waals surface area contributed by atoms with Crippen LogP contribution < -0.4 is 5.32 Å². The third-order valence-electron chi connectivity index (χ3n) is 2.26. The molecule has 0 aromatic rings. The number of carbonyl (C=O) groups excluding carboxylic acids is 1. The summed E-state index contributed by atoms with van der Waals surface area (Å²) in [7, 11) is 3.08. The summed E-state index contributed by atoms with van der Waals surface area (Å²) in [6.07, 6.45) is 0.0416. The number of hydrogen-bond donors (Lipinski definition) is 1. The van der Waals surface area contributed by atoms with Crippen LogP contribution in [0.15, 0.2) is 11.3 Å². The summed E-state index contributed by atoms with van der Waals surface area (Å²) in [4.78, 5) is 11.5. The van der Waals surface area contributed by atoms with Gasteiger partial charge in [-0.1, -0.05) is 0 Å². The maximum absolute atomic E-state index is 11.5. The molecule has 1 aliphatic rings. The molecule has 16 heavy (non-hydrogen) atoms. The van der Waals surface area contributed by atoms with Crippen molar-refractivity contribution in [1.29, 1.82) is 0 Å². The topological polar surface area (TPSA) is 56.8 Å². The summed E-state index contributed by atoms with van der Waals surface area (Å²) >= 11 is 0. The lowest BCUT2D eigenvalue weighted by atomic mass is 10.1. The van der Waals surface area contributed by atoms with Gasteiger partial charge in [0.1, 0.15) is 0 Å². The summed E-state index contributed by atoms with van der Waals surface area (Å²) in [5.41, 5.74) is 1.28. The molecule has 0 aromatic carbocycles. The van der Waals surface area contributed by atoms with Crippen LogP contribution in [0.1, 0.15) is 20.3 Å². The monoisotopic (exact) mass is 229 g/mol. The van der Waals surface area contributed by atoms with Crippen molar-refractivity contribution < 1.29 is 19.0 Å². The molecular weight excluding hydrogens is 210 g/mol. The van der Waals surface area contributed by atoms with E-state index in [2.05, 4.69) is 5.32 Å². The fourth-order valence-electron chi connectivity index (χ4n) is 1.62. The van der Waals surface area contributed by atoms with E-state index in [9.17, 15) is 4.79 Å². The van der Waals surface area contributed by atoms with Gasteiger partial charge in [0, 0.05) is 26.7 Å².